The zero-order chi connectivity index (χ0) is 8.81. The molecule has 1 saturated heterocycles. The predicted octanol–water partition coefficient (Wildman–Crippen LogP) is 2.34. The summed E-state index contributed by atoms with van der Waals surface area (Å²) in [5.74, 6) is 0.139. The minimum Gasteiger partial charge on any atom is -0.352 e. The highest BCUT2D eigenvalue weighted by molar-refractivity contribution is 6.25. The fourth-order valence-electron chi connectivity index (χ4n) is 1.12. The van der Waals surface area contributed by atoms with Crippen molar-refractivity contribution in [1.29, 1.82) is 0 Å². The van der Waals surface area contributed by atoms with Crippen LogP contribution in [-0.4, -0.2) is 19.5 Å². The van der Waals surface area contributed by atoms with E-state index in [0.29, 0.717) is 0 Å². The van der Waals surface area contributed by atoms with E-state index in [1.165, 1.54) is 5.54 Å². The summed E-state index contributed by atoms with van der Waals surface area (Å²) < 4.78 is 10.8. The van der Waals surface area contributed by atoms with E-state index >= 15 is 0 Å². The van der Waals surface area contributed by atoms with Crippen LogP contribution >= 0.6 is 11.6 Å². The summed E-state index contributed by atoms with van der Waals surface area (Å²) in [6.07, 6.45) is 3.50. The molecule has 1 rings (SSSR count). The van der Waals surface area contributed by atoms with Gasteiger partial charge in [0.1, 0.15) is 0 Å². The minimum absolute atomic E-state index is 0.139. The Morgan fingerprint density at radius 2 is 2.17 bits per heavy atom. The van der Waals surface area contributed by atoms with E-state index in [1.807, 2.05) is 6.08 Å². The Hall–Kier alpha value is -0.0500. The lowest BCUT2D eigenvalue weighted by Gasteiger charge is -2.27. The monoisotopic (exact) mass is 189 g/mol. The van der Waals surface area contributed by atoms with Crippen molar-refractivity contribution >= 4 is 11.6 Å². The second-order valence-electron chi connectivity index (χ2n) is 2.82. The smallest absolute Gasteiger partial charge is 0.160 e. The van der Waals surface area contributed by atoms with Crippen molar-refractivity contribution in [3.8, 4) is 0 Å². The number of halogens is 1. The maximum Gasteiger partial charge on any atom is 0.160 e. The van der Waals surface area contributed by atoms with E-state index in [4.69, 9.17) is 21.1 Å². The summed E-state index contributed by atoms with van der Waals surface area (Å²) in [6.45, 7) is 5.50. The Kier molecular flexibility index (Phi) is 4.66. The van der Waals surface area contributed by atoms with Crippen LogP contribution in [0.25, 0.3) is 0 Å². The minimum atomic E-state index is -0.147. The molecule has 12 heavy (non-hydrogen) atoms. The van der Waals surface area contributed by atoms with Gasteiger partial charge in [0.25, 0.3) is 0 Å². The van der Waals surface area contributed by atoms with Crippen molar-refractivity contribution in [1.82, 2.24) is 0 Å². The number of ether oxygens (including phenoxy) is 2. The summed E-state index contributed by atoms with van der Waals surface area (Å²) in [4.78, 5) is 0. The Morgan fingerprint density at radius 1 is 1.50 bits per heavy atom. The van der Waals surface area contributed by atoms with Crippen LogP contribution in [0.1, 0.15) is 12.8 Å². The average molecular weight is 190 g/mol. The number of hydrogen-bond acceptors (Lipinski definition) is 2. The van der Waals surface area contributed by atoms with E-state index in [-0.39, 0.29) is 12.2 Å². The molecule has 1 aliphatic rings. The van der Waals surface area contributed by atoms with Gasteiger partial charge < -0.3 is 9.47 Å². The predicted molar refractivity (Wildman–Crippen MR) is 48.8 cm³/mol. The van der Waals surface area contributed by atoms with Gasteiger partial charge in [0, 0.05) is 11.5 Å². The molecule has 0 aromatic carbocycles. The summed E-state index contributed by atoms with van der Waals surface area (Å²) in [6, 6.07) is 0. The maximum absolute atomic E-state index is 5.39. The van der Waals surface area contributed by atoms with Crippen LogP contribution < -0.4 is 0 Å². The standard InChI is InChI=1S/C9H14ClO2/c1-8(4-2-5-10)9-11-6-3-7-12-9/h2,5,8-9H,1,3-4,6-7H2. The summed E-state index contributed by atoms with van der Waals surface area (Å²) >= 11 is 5.39. The molecule has 2 nitrogen and oxygen atoms in total. The zero-order valence-electron chi connectivity index (χ0n) is 7.04. The Balaban J connectivity index is 2.24. The van der Waals surface area contributed by atoms with Gasteiger partial charge in [-0.05, 0) is 19.8 Å². The highest BCUT2D eigenvalue weighted by Gasteiger charge is 2.20. The fraction of sp³-hybridized carbons (Fsp3) is 0.667. The second kappa shape index (κ2) is 5.57. The Morgan fingerprint density at radius 3 is 2.75 bits per heavy atom. The van der Waals surface area contributed by atoms with Gasteiger partial charge in [0.2, 0.25) is 0 Å². The number of rotatable bonds is 3. The van der Waals surface area contributed by atoms with Crippen molar-refractivity contribution < 1.29 is 9.47 Å². The summed E-state index contributed by atoms with van der Waals surface area (Å²) in [5.41, 5.74) is 1.50. The first kappa shape index (κ1) is 10.0. The zero-order valence-corrected chi connectivity index (χ0v) is 7.80. The van der Waals surface area contributed by atoms with Gasteiger partial charge in [-0.25, -0.2) is 0 Å². The van der Waals surface area contributed by atoms with Crippen molar-refractivity contribution in [3.63, 3.8) is 0 Å². The first-order chi connectivity index (χ1) is 5.84. The third kappa shape index (κ3) is 3.13. The maximum atomic E-state index is 5.39. The van der Waals surface area contributed by atoms with Crippen LogP contribution in [0, 0.1) is 12.8 Å². The number of allylic oxidation sites excluding steroid dienone is 1. The van der Waals surface area contributed by atoms with Gasteiger partial charge in [0.15, 0.2) is 6.29 Å². The largest absolute Gasteiger partial charge is 0.352 e. The lowest BCUT2D eigenvalue weighted by Crippen LogP contribution is -2.30. The normalized spacial score (nSPS) is 23.2. The van der Waals surface area contributed by atoms with E-state index in [9.17, 15) is 0 Å². The molecule has 1 fully saturated rings. The Bertz CT molecular complexity index is 141. The molecule has 3 heteroatoms. The molecule has 1 atom stereocenters. The topological polar surface area (TPSA) is 18.5 Å². The highest BCUT2D eigenvalue weighted by Crippen LogP contribution is 2.17. The summed E-state index contributed by atoms with van der Waals surface area (Å²) in [7, 11) is 0. The molecule has 1 radical (unpaired) electrons. The molecular formula is C9H14ClO2. The lowest BCUT2D eigenvalue weighted by atomic mass is 10.1. The van der Waals surface area contributed by atoms with Gasteiger partial charge in [-0.3, -0.25) is 0 Å². The molecule has 1 unspecified atom stereocenters. The average Bonchev–Trinajstić information content (AvgIpc) is 2.15. The molecule has 1 heterocycles. The third-order valence-corrected chi connectivity index (χ3v) is 1.94. The van der Waals surface area contributed by atoms with Crippen LogP contribution in [-0.2, 0) is 9.47 Å². The van der Waals surface area contributed by atoms with Crippen LogP contribution in [0.4, 0.5) is 0 Å². The molecule has 0 spiro atoms. The molecule has 0 aliphatic carbocycles. The molecule has 0 saturated carbocycles. The first-order valence-electron chi connectivity index (χ1n) is 4.16. The van der Waals surface area contributed by atoms with Gasteiger partial charge in [-0.1, -0.05) is 17.7 Å². The third-order valence-electron chi connectivity index (χ3n) is 1.77. The van der Waals surface area contributed by atoms with E-state index in [2.05, 4.69) is 6.92 Å². The van der Waals surface area contributed by atoms with Gasteiger partial charge in [-0.2, -0.15) is 0 Å². The fourth-order valence-corrected chi connectivity index (χ4v) is 1.22. The van der Waals surface area contributed by atoms with Crippen molar-refractivity contribution in [2.24, 2.45) is 5.92 Å². The molecule has 0 bridgehead atoms. The quantitative estimate of drug-likeness (QED) is 0.679. The number of hydrogen-bond donors (Lipinski definition) is 0. The van der Waals surface area contributed by atoms with Crippen LogP contribution in [0.2, 0.25) is 0 Å². The van der Waals surface area contributed by atoms with Gasteiger partial charge in [0.05, 0.1) is 13.2 Å². The Labute approximate surface area is 78.5 Å². The van der Waals surface area contributed by atoms with Gasteiger partial charge in [-0.15, -0.1) is 0 Å². The second-order valence-corrected chi connectivity index (χ2v) is 3.07. The van der Waals surface area contributed by atoms with Crippen molar-refractivity contribution in [3.05, 3.63) is 18.5 Å². The van der Waals surface area contributed by atoms with Gasteiger partial charge >= 0.3 is 0 Å². The molecule has 0 amide bonds. The van der Waals surface area contributed by atoms with E-state index in [0.717, 1.165) is 26.1 Å². The molecule has 0 aromatic heterocycles. The lowest BCUT2D eigenvalue weighted by molar-refractivity contribution is -0.196. The molecule has 1 aliphatic heterocycles. The highest BCUT2D eigenvalue weighted by atomic mass is 35.5. The molecule has 69 valence electrons. The first-order valence-corrected chi connectivity index (χ1v) is 4.59. The van der Waals surface area contributed by atoms with E-state index < -0.39 is 0 Å². The van der Waals surface area contributed by atoms with Crippen LogP contribution in [0.5, 0.6) is 0 Å². The van der Waals surface area contributed by atoms with Crippen molar-refractivity contribution in [2.45, 2.75) is 19.1 Å². The molecule has 0 N–H and O–H groups in total. The van der Waals surface area contributed by atoms with Crippen LogP contribution in [0.15, 0.2) is 11.6 Å². The molecule has 0 aromatic rings. The SMILES string of the molecule is [CH2]C(CC=CCl)C1OCCCO1. The van der Waals surface area contributed by atoms with E-state index in [1.54, 1.807) is 0 Å². The van der Waals surface area contributed by atoms with Crippen LogP contribution in [0.3, 0.4) is 0 Å². The molecular weight excluding hydrogens is 176 g/mol. The van der Waals surface area contributed by atoms with Crippen molar-refractivity contribution in [2.75, 3.05) is 13.2 Å². The summed E-state index contributed by atoms with van der Waals surface area (Å²) in [5, 5.41) is 0.